The average molecular weight is 246 g/mol. The molecule has 84 valence electrons. The first-order valence-corrected chi connectivity index (χ1v) is 5.22. The van der Waals surface area contributed by atoms with Crippen LogP contribution < -0.4 is 0 Å². The summed E-state index contributed by atoms with van der Waals surface area (Å²) in [6.45, 7) is 0. The van der Waals surface area contributed by atoms with Crippen molar-refractivity contribution in [1.82, 2.24) is 0 Å². The molecule has 0 saturated carbocycles. The Balaban J connectivity index is 2.47. The van der Waals surface area contributed by atoms with Gasteiger partial charge in [0.25, 0.3) is 0 Å². The molecular formula is C11H6F4S. The third kappa shape index (κ3) is 2.09. The van der Waals surface area contributed by atoms with Gasteiger partial charge < -0.3 is 0 Å². The molecule has 0 bridgehead atoms. The molecule has 5 heteroatoms. The van der Waals surface area contributed by atoms with E-state index in [1.807, 2.05) is 0 Å². The van der Waals surface area contributed by atoms with E-state index in [1.54, 1.807) is 30.3 Å². The first-order valence-electron chi connectivity index (χ1n) is 4.40. The molecule has 2 rings (SSSR count). The molecule has 0 aliphatic carbocycles. The highest BCUT2D eigenvalue weighted by atomic mass is 32.1. The van der Waals surface area contributed by atoms with Gasteiger partial charge in [-0.15, -0.1) is 11.3 Å². The van der Waals surface area contributed by atoms with Gasteiger partial charge in [-0.3, -0.25) is 0 Å². The van der Waals surface area contributed by atoms with E-state index in [2.05, 4.69) is 0 Å². The van der Waals surface area contributed by atoms with Gasteiger partial charge >= 0.3 is 6.18 Å². The van der Waals surface area contributed by atoms with Crippen molar-refractivity contribution in [3.05, 3.63) is 47.1 Å². The van der Waals surface area contributed by atoms with Crippen LogP contribution in [0.25, 0.3) is 10.4 Å². The van der Waals surface area contributed by atoms with Crippen molar-refractivity contribution in [3.8, 4) is 10.4 Å². The summed E-state index contributed by atoms with van der Waals surface area (Å²) >= 11 is 0.508. The van der Waals surface area contributed by atoms with E-state index < -0.39 is 16.9 Å². The zero-order valence-corrected chi connectivity index (χ0v) is 8.70. The fourth-order valence-corrected chi connectivity index (χ4v) is 2.22. The number of benzene rings is 1. The lowest BCUT2D eigenvalue weighted by Crippen LogP contribution is -2.04. The molecule has 16 heavy (non-hydrogen) atoms. The predicted molar refractivity (Wildman–Crippen MR) is 54.7 cm³/mol. The van der Waals surface area contributed by atoms with Crippen molar-refractivity contribution < 1.29 is 17.6 Å². The minimum atomic E-state index is -4.63. The van der Waals surface area contributed by atoms with Crippen LogP contribution in [0.15, 0.2) is 36.4 Å². The van der Waals surface area contributed by atoms with Gasteiger partial charge in [0, 0.05) is 4.88 Å². The molecule has 1 heterocycles. The predicted octanol–water partition coefficient (Wildman–Crippen LogP) is 4.57. The summed E-state index contributed by atoms with van der Waals surface area (Å²) in [7, 11) is 0. The Morgan fingerprint density at radius 1 is 1.00 bits per heavy atom. The second kappa shape index (κ2) is 3.90. The molecule has 0 radical (unpaired) electrons. The summed E-state index contributed by atoms with van der Waals surface area (Å²) in [5, 5.41) is -1.19. The highest BCUT2D eigenvalue weighted by Gasteiger charge is 2.36. The smallest absolute Gasteiger partial charge is 0.194 e. The Morgan fingerprint density at radius 2 is 1.62 bits per heavy atom. The van der Waals surface area contributed by atoms with Crippen LogP contribution in [0.2, 0.25) is 0 Å². The van der Waals surface area contributed by atoms with E-state index in [9.17, 15) is 17.6 Å². The van der Waals surface area contributed by atoms with Crippen molar-refractivity contribution in [2.45, 2.75) is 6.18 Å². The molecule has 0 N–H and O–H groups in total. The molecule has 1 aromatic heterocycles. The summed E-state index contributed by atoms with van der Waals surface area (Å²) < 4.78 is 50.1. The molecule has 2 aromatic rings. The molecule has 0 nitrogen and oxygen atoms in total. The molecule has 1 aromatic carbocycles. The topological polar surface area (TPSA) is 0 Å². The maximum absolute atomic E-state index is 13.1. The van der Waals surface area contributed by atoms with Gasteiger partial charge in [-0.05, 0) is 11.6 Å². The number of rotatable bonds is 1. The number of alkyl halides is 3. The van der Waals surface area contributed by atoms with Crippen molar-refractivity contribution in [2.75, 3.05) is 0 Å². The van der Waals surface area contributed by atoms with Crippen LogP contribution in [0.5, 0.6) is 0 Å². The maximum Gasteiger partial charge on any atom is 0.420 e. The van der Waals surface area contributed by atoms with Crippen molar-refractivity contribution in [1.29, 1.82) is 0 Å². The molecule has 0 saturated heterocycles. The Hall–Kier alpha value is -1.36. The minimum absolute atomic E-state index is 0.283. The monoisotopic (exact) mass is 246 g/mol. The van der Waals surface area contributed by atoms with Gasteiger partial charge in [-0.1, -0.05) is 30.3 Å². The zero-order chi connectivity index (χ0) is 11.8. The third-order valence-corrected chi connectivity index (χ3v) is 3.02. The lowest BCUT2D eigenvalue weighted by atomic mass is 10.1. The standard InChI is InChI=1S/C11H6F4S/c12-10-8(11(13,14)15)6-9(16-10)7-4-2-1-3-5-7/h1-6H. The largest absolute Gasteiger partial charge is 0.420 e. The fourth-order valence-electron chi connectivity index (χ4n) is 1.31. The average Bonchev–Trinajstić information content (AvgIpc) is 2.61. The van der Waals surface area contributed by atoms with Crippen molar-refractivity contribution >= 4 is 11.3 Å². The number of thiophene rings is 1. The van der Waals surface area contributed by atoms with Crippen molar-refractivity contribution in [3.63, 3.8) is 0 Å². The summed E-state index contributed by atoms with van der Waals surface area (Å²) in [5.74, 6) is 0. The molecule has 0 unspecified atom stereocenters. The molecule has 0 fully saturated rings. The van der Waals surface area contributed by atoms with Gasteiger partial charge in [-0.25, -0.2) is 0 Å². The van der Waals surface area contributed by atoms with E-state index in [4.69, 9.17) is 0 Å². The molecule has 0 aliphatic rings. The van der Waals surface area contributed by atoms with Crippen LogP contribution in [0, 0.1) is 5.13 Å². The van der Waals surface area contributed by atoms with E-state index in [0.29, 0.717) is 16.9 Å². The van der Waals surface area contributed by atoms with Gasteiger partial charge in [0.2, 0.25) is 0 Å². The fraction of sp³-hybridized carbons (Fsp3) is 0.0909. The number of hydrogen-bond donors (Lipinski definition) is 0. The first-order chi connectivity index (χ1) is 7.48. The van der Waals surface area contributed by atoms with E-state index in [-0.39, 0.29) is 4.88 Å². The van der Waals surface area contributed by atoms with E-state index in [0.717, 1.165) is 6.07 Å². The molecule has 0 amide bonds. The summed E-state index contributed by atoms with van der Waals surface area (Å²) in [4.78, 5) is 0.283. The van der Waals surface area contributed by atoms with Gasteiger partial charge in [0.15, 0.2) is 5.13 Å². The van der Waals surface area contributed by atoms with E-state index in [1.165, 1.54) is 0 Å². The second-order valence-electron chi connectivity index (χ2n) is 3.16. The molecule has 0 atom stereocenters. The summed E-state index contributed by atoms with van der Waals surface area (Å²) in [5.41, 5.74) is -0.613. The Kier molecular flexibility index (Phi) is 2.71. The van der Waals surface area contributed by atoms with Gasteiger partial charge in [0.05, 0.1) is 0 Å². The first kappa shape index (κ1) is 11.1. The lowest BCUT2D eigenvalue weighted by molar-refractivity contribution is -0.139. The Bertz CT molecular complexity index is 484. The third-order valence-electron chi connectivity index (χ3n) is 2.05. The van der Waals surface area contributed by atoms with Crippen LogP contribution in [0.3, 0.4) is 0 Å². The second-order valence-corrected chi connectivity index (χ2v) is 4.16. The maximum atomic E-state index is 13.1. The van der Waals surface area contributed by atoms with Gasteiger partial charge in [-0.2, -0.15) is 17.6 Å². The molecule has 0 aliphatic heterocycles. The van der Waals surface area contributed by atoms with Crippen LogP contribution in [0.4, 0.5) is 17.6 Å². The van der Waals surface area contributed by atoms with Crippen molar-refractivity contribution in [2.24, 2.45) is 0 Å². The normalized spacial score (nSPS) is 11.8. The SMILES string of the molecule is Fc1sc(-c2ccccc2)cc1C(F)(F)F. The van der Waals surface area contributed by atoms with Crippen LogP contribution in [0.1, 0.15) is 5.56 Å². The number of halogens is 4. The Morgan fingerprint density at radius 3 is 2.12 bits per heavy atom. The summed E-state index contributed by atoms with van der Waals surface area (Å²) in [6, 6.07) is 9.27. The molecular weight excluding hydrogens is 240 g/mol. The quantitative estimate of drug-likeness (QED) is 0.646. The van der Waals surface area contributed by atoms with Crippen LogP contribution in [-0.4, -0.2) is 0 Å². The highest BCUT2D eigenvalue weighted by Crippen LogP contribution is 2.39. The summed E-state index contributed by atoms with van der Waals surface area (Å²) in [6.07, 6.45) is -4.63. The molecule has 0 spiro atoms. The van der Waals surface area contributed by atoms with E-state index >= 15 is 0 Å². The highest BCUT2D eigenvalue weighted by molar-refractivity contribution is 7.14. The Labute approximate surface area is 93.2 Å². The number of hydrogen-bond acceptors (Lipinski definition) is 1. The lowest BCUT2D eigenvalue weighted by Gasteiger charge is -2.01. The zero-order valence-electron chi connectivity index (χ0n) is 7.88. The van der Waals surface area contributed by atoms with Gasteiger partial charge in [0.1, 0.15) is 5.56 Å². The minimum Gasteiger partial charge on any atom is -0.194 e. The van der Waals surface area contributed by atoms with Crippen LogP contribution >= 0.6 is 11.3 Å². The van der Waals surface area contributed by atoms with Crippen LogP contribution in [-0.2, 0) is 6.18 Å².